The molecule has 0 fully saturated rings. The summed E-state index contributed by atoms with van der Waals surface area (Å²) in [6.45, 7) is 1.89. The van der Waals surface area contributed by atoms with Gasteiger partial charge in [0.05, 0.1) is 0 Å². The molecule has 0 amide bonds. The van der Waals surface area contributed by atoms with E-state index >= 15 is 0 Å². The van der Waals surface area contributed by atoms with Crippen LogP contribution in [0.2, 0.25) is 0 Å². The summed E-state index contributed by atoms with van der Waals surface area (Å²) >= 11 is 0. The van der Waals surface area contributed by atoms with E-state index in [-0.39, 0.29) is 5.75 Å². The van der Waals surface area contributed by atoms with Gasteiger partial charge in [0, 0.05) is 16.8 Å². The summed E-state index contributed by atoms with van der Waals surface area (Å²) in [5.41, 5.74) is 3.52. The van der Waals surface area contributed by atoms with E-state index in [0.717, 1.165) is 16.8 Å². The Hall–Kier alpha value is -2.95. The van der Waals surface area contributed by atoms with Crippen LogP contribution in [-0.4, -0.2) is 25.5 Å². The maximum atomic E-state index is 10.0. The standard InChI is InChI=1S/C16H14N2O3/c1-9-13(10-5-3-2-4-6-10)14(18-17-9)11-7-8-12(19)16(21)15(11)20/h2-8,19-21H,1H3,(H,17,18). The highest BCUT2D eigenvalue weighted by Gasteiger charge is 2.20. The van der Waals surface area contributed by atoms with Crippen molar-refractivity contribution < 1.29 is 15.3 Å². The number of aromatic nitrogens is 2. The number of rotatable bonds is 2. The second-order valence-corrected chi connectivity index (χ2v) is 4.77. The van der Waals surface area contributed by atoms with Crippen molar-refractivity contribution in [3.63, 3.8) is 0 Å². The average molecular weight is 282 g/mol. The van der Waals surface area contributed by atoms with E-state index in [9.17, 15) is 15.3 Å². The average Bonchev–Trinajstić information content (AvgIpc) is 2.87. The van der Waals surface area contributed by atoms with Crippen molar-refractivity contribution in [3.05, 3.63) is 48.2 Å². The van der Waals surface area contributed by atoms with Crippen molar-refractivity contribution >= 4 is 0 Å². The maximum Gasteiger partial charge on any atom is 0.200 e. The number of H-pyrrole nitrogens is 1. The van der Waals surface area contributed by atoms with E-state index in [4.69, 9.17) is 0 Å². The smallest absolute Gasteiger partial charge is 0.200 e. The van der Waals surface area contributed by atoms with Gasteiger partial charge in [-0.15, -0.1) is 0 Å². The molecule has 5 heteroatoms. The topological polar surface area (TPSA) is 89.4 Å². The molecule has 0 aliphatic carbocycles. The summed E-state index contributed by atoms with van der Waals surface area (Å²) in [7, 11) is 0. The molecule has 4 N–H and O–H groups in total. The third kappa shape index (κ3) is 2.08. The fraction of sp³-hybridized carbons (Fsp3) is 0.0625. The zero-order chi connectivity index (χ0) is 15.0. The van der Waals surface area contributed by atoms with Gasteiger partial charge in [-0.25, -0.2) is 0 Å². The first-order chi connectivity index (χ1) is 10.1. The van der Waals surface area contributed by atoms with Crippen molar-refractivity contribution in [2.24, 2.45) is 0 Å². The lowest BCUT2D eigenvalue weighted by Gasteiger charge is -2.08. The second-order valence-electron chi connectivity index (χ2n) is 4.77. The molecule has 2 aromatic carbocycles. The molecule has 0 bridgehead atoms. The third-order valence-electron chi connectivity index (χ3n) is 3.39. The van der Waals surface area contributed by atoms with Crippen LogP contribution in [0.4, 0.5) is 0 Å². The van der Waals surface area contributed by atoms with Crippen molar-refractivity contribution in [2.75, 3.05) is 0 Å². The first kappa shape index (κ1) is 13.1. The van der Waals surface area contributed by atoms with E-state index in [1.54, 1.807) is 0 Å². The molecule has 0 atom stereocenters. The lowest BCUT2D eigenvalue weighted by molar-refractivity contribution is 0.369. The number of aromatic amines is 1. The molecule has 0 saturated heterocycles. The Morgan fingerprint density at radius 2 is 1.62 bits per heavy atom. The first-order valence-electron chi connectivity index (χ1n) is 6.44. The molecule has 0 unspecified atom stereocenters. The normalized spacial score (nSPS) is 10.7. The zero-order valence-electron chi connectivity index (χ0n) is 11.3. The Morgan fingerprint density at radius 3 is 2.33 bits per heavy atom. The van der Waals surface area contributed by atoms with Crippen LogP contribution in [0.25, 0.3) is 22.4 Å². The number of phenols is 3. The highest BCUT2D eigenvalue weighted by atomic mass is 16.3. The Morgan fingerprint density at radius 1 is 0.905 bits per heavy atom. The number of nitrogens with one attached hydrogen (secondary N) is 1. The van der Waals surface area contributed by atoms with Gasteiger partial charge in [0.25, 0.3) is 0 Å². The monoisotopic (exact) mass is 282 g/mol. The minimum absolute atomic E-state index is 0.355. The molecule has 0 aliphatic heterocycles. The van der Waals surface area contributed by atoms with Crippen molar-refractivity contribution in [1.29, 1.82) is 0 Å². The molecule has 1 aromatic heterocycles. The SMILES string of the molecule is Cc1[nH]nc(-c2ccc(O)c(O)c2O)c1-c1ccccc1. The van der Waals surface area contributed by atoms with E-state index in [2.05, 4.69) is 10.2 Å². The molecule has 3 rings (SSSR count). The van der Waals surface area contributed by atoms with Gasteiger partial charge in [0.2, 0.25) is 5.75 Å². The fourth-order valence-electron chi connectivity index (χ4n) is 2.34. The van der Waals surface area contributed by atoms with E-state index in [1.807, 2.05) is 37.3 Å². The predicted molar refractivity (Wildman–Crippen MR) is 79.2 cm³/mol. The van der Waals surface area contributed by atoms with E-state index in [0.29, 0.717) is 11.3 Å². The second kappa shape index (κ2) is 4.86. The van der Waals surface area contributed by atoms with Crippen LogP contribution in [-0.2, 0) is 0 Å². The van der Waals surface area contributed by atoms with Crippen LogP contribution in [0, 0.1) is 6.92 Å². The molecule has 0 aliphatic rings. The summed E-state index contributed by atoms with van der Waals surface area (Å²) < 4.78 is 0. The van der Waals surface area contributed by atoms with Gasteiger partial charge in [-0.3, -0.25) is 5.10 Å². The van der Waals surface area contributed by atoms with Crippen molar-refractivity contribution in [2.45, 2.75) is 6.92 Å². The largest absolute Gasteiger partial charge is 0.504 e. The Labute approximate surface area is 121 Å². The number of aryl methyl sites for hydroxylation is 1. The molecule has 5 nitrogen and oxygen atoms in total. The predicted octanol–water partition coefficient (Wildman–Crippen LogP) is 3.17. The molecule has 0 radical (unpaired) electrons. The van der Waals surface area contributed by atoms with Crippen LogP contribution < -0.4 is 0 Å². The summed E-state index contributed by atoms with van der Waals surface area (Å²) in [5.74, 6) is -1.31. The van der Waals surface area contributed by atoms with E-state index < -0.39 is 11.5 Å². The minimum Gasteiger partial charge on any atom is -0.504 e. The lowest BCUT2D eigenvalue weighted by atomic mass is 9.98. The maximum absolute atomic E-state index is 10.0. The molecule has 3 aromatic rings. The quantitative estimate of drug-likeness (QED) is 0.543. The van der Waals surface area contributed by atoms with Crippen LogP contribution >= 0.6 is 0 Å². The third-order valence-corrected chi connectivity index (χ3v) is 3.39. The molecule has 1 heterocycles. The Bertz CT molecular complexity index is 795. The lowest BCUT2D eigenvalue weighted by Crippen LogP contribution is -1.85. The Balaban J connectivity index is 2.24. The first-order valence-corrected chi connectivity index (χ1v) is 6.44. The van der Waals surface area contributed by atoms with Gasteiger partial charge in [-0.2, -0.15) is 5.10 Å². The highest BCUT2D eigenvalue weighted by Crippen LogP contribution is 2.44. The number of hydrogen-bond donors (Lipinski definition) is 4. The molecule has 106 valence electrons. The van der Waals surface area contributed by atoms with Crippen LogP contribution in [0.15, 0.2) is 42.5 Å². The zero-order valence-corrected chi connectivity index (χ0v) is 11.3. The number of benzene rings is 2. The number of hydrogen-bond acceptors (Lipinski definition) is 4. The summed E-state index contributed by atoms with van der Waals surface area (Å²) in [6, 6.07) is 12.5. The molecule has 21 heavy (non-hydrogen) atoms. The van der Waals surface area contributed by atoms with Gasteiger partial charge in [-0.05, 0) is 24.6 Å². The van der Waals surface area contributed by atoms with Crippen molar-refractivity contribution in [3.8, 4) is 39.6 Å². The van der Waals surface area contributed by atoms with E-state index in [1.165, 1.54) is 12.1 Å². The molecule has 0 spiro atoms. The van der Waals surface area contributed by atoms with Gasteiger partial charge >= 0.3 is 0 Å². The Kier molecular flexibility index (Phi) is 3.02. The van der Waals surface area contributed by atoms with Gasteiger partial charge in [0.15, 0.2) is 11.5 Å². The van der Waals surface area contributed by atoms with Crippen LogP contribution in [0.3, 0.4) is 0 Å². The molecule has 0 saturated carbocycles. The van der Waals surface area contributed by atoms with Gasteiger partial charge in [0.1, 0.15) is 5.69 Å². The van der Waals surface area contributed by atoms with Gasteiger partial charge in [-0.1, -0.05) is 30.3 Å². The molecular formula is C16H14N2O3. The van der Waals surface area contributed by atoms with Crippen LogP contribution in [0.1, 0.15) is 5.69 Å². The highest BCUT2D eigenvalue weighted by molar-refractivity contribution is 5.86. The fourth-order valence-corrected chi connectivity index (χ4v) is 2.34. The number of aromatic hydroxyl groups is 3. The van der Waals surface area contributed by atoms with Crippen molar-refractivity contribution in [1.82, 2.24) is 10.2 Å². The molecular weight excluding hydrogens is 268 g/mol. The summed E-state index contributed by atoms with van der Waals surface area (Å²) in [6.07, 6.45) is 0. The summed E-state index contributed by atoms with van der Waals surface area (Å²) in [5, 5.41) is 36.3. The minimum atomic E-state index is -0.549. The van der Waals surface area contributed by atoms with Gasteiger partial charge < -0.3 is 15.3 Å². The summed E-state index contributed by atoms with van der Waals surface area (Å²) in [4.78, 5) is 0. The van der Waals surface area contributed by atoms with Crippen LogP contribution in [0.5, 0.6) is 17.2 Å². The number of phenolic OH excluding ortho intramolecular Hbond substituents is 3. The number of nitrogens with zero attached hydrogens (tertiary/aromatic N) is 1.